The summed E-state index contributed by atoms with van der Waals surface area (Å²) in [6.45, 7) is 10.2. The van der Waals surface area contributed by atoms with Gasteiger partial charge in [-0.05, 0) is 20.8 Å². The molecule has 0 aromatic heterocycles. The minimum absolute atomic E-state index is 0.0493. The minimum atomic E-state index is -1.23. The van der Waals surface area contributed by atoms with E-state index >= 15 is 0 Å². The first kappa shape index (κ1) is 19.1. The van der Waals surface area contributed by atoms with E-state index in [9.17, 15) is 20.0 Å². The highest BCUT2D eigenvalue weighted by Crippen LogP contribution is 2.00. The summed E-state index contributed by atoms with van der Waals surface area (Å²) in [6.07, 6.45) is -0.674. The molecule has 0 radical (unpaired) electrons. The quantitative estimate of drug-likeness (QED) is 0.548. The van der Waals surface area contributed by atoms with E-state index in [1.54, 1.807) is 20.8 Å². The van der Waals surface area contributed by atoms with Crippen molar-refractivity contribution in [3.8, 4) is 0 Å². The molecule has 0 aromatic carbocycles. The minimum Gasteiger partial charge on any atom is -0.634 e. The number of quaternary nitrogens is 2. The Bertz CT molecular complexity index is 334. The molecule has 0 aromatic rings. The van der Waals surface area contributed by atoms with E-state index in [-0.39, 0.29) is 23.2 Å². The van der Waals surface area contributed by atoms with E-state index in [1.165, 1.54) is 27.7 Å². The Balaban J connectivity index is 4.62. The van der Waals surface area contributed by atoms with E-state index in [0.717, 1.165) is 0 Å². The van der Waals surface area contributed by atoms with Crippen LogP contribution in [0, 0.1) is 10.4 Å². The molecule has 7 heteroatoms. The zero-order valence-corrected chi connectivity index (χ0v) is 13.3. The van der Waals surface area contributed by atoms with Crippen LogP contribution in [-0.2, 0) is 14.4 Å². The van der Waals surface area contributed by atoms with Gasteiger partial charge in [0.1, 0.15) is 6.54 Å². The fourth-order valence-corrected chi connectivity index (χ4v) is 1.23. The van der Waals surface area contributed by atoms with Gasteiger partial charge in [-0.1, -0.05) is 0 Å². The summed E-state index contributed by atoms with van der Waals surface area (Å²) in [7, 11) is 0. The zero-order chi connectivity index (χ0) is 16.3. The van der Waals surface area contributed by atoms with Crippen molar-refractivity contribution < 1.29 is 24.7 Å². The number of carbonyl (C=O) groups excluding carboxylic acids is 2. The SMILES string of the molecule is CC(=O)C(C)(C)[NH+]([O-])CC(C)O[NH+]([O-])C(C)(C)C(C)=O. The smallest absolute Gasteiger partial charge is 0.192 e. The number of ketones is 2. The number of hydroxylamine groups is 4. The molecule has 0 fully saturated rings. The molecule has 0 rings (SSSR count). The molecule has 0 aliphatic rings. The number of nitrogens with one attached hydrogen (secondary N) is 2. The second-order valence-corrected chi connectivity index (χ2v) is 6.21. The monoisotopic (exact) mass is 290 g/mol. The molecule has 0 saturated carbocycles. The molecule has 0 heterocycles. The maximum atomic E-state index is 12.0. The second-order valence-electron chi connectivity index (χ2n) is 6.21. The van der Waals surface area contributed by atoms with Crippen LogP contribution >= 0.6 is 0 Å². The van der Waals surface area contributed by atoms with E-state index in [0.29, 0.717) is 0 Å². The largest absolute Gasteiger partial charge is 0.634 e. The standard InChI is InChI=1S/C13H26N2O5/c1-9(8-14(18)12(4,5)10(2)16)20-15(19)13(6,7)11(3)17/h9,14-15H,8H2,1-7H3. The van der Waals surface area contributed by atoms with Crippen molar-refractivity contribution in [2.45, 2.75) is 65.6 Å². The normalized spacial score (nSPS) is 17.4. The molecule has 0 bridgehead atoms. The van der Waals surface area contributed by atoms with Crippen molar-refractivity contribution >= 4 is 11.6 Å². The summed E-state index contributed by atoms with van der Waals surface area (Å²) < 4.78 is 0. The van der Waals surface area contributed by atoms with Gasteiger partial charge in [0.25, 0.3) is 0 Å². The summed E-state index contributed by atoms with van der Waals surface area (Å²) in [5.41, 5.74) is -2.32. The zero-order valence-electron chi connectivity index (χ0n) is 13.3. The molecule has 2 N–H and O–H groups in total. The molecule has 3 atom stereocenters. The van der Waals surface area contributed by atoms with Crippen molar-refractivity contribution in [3.63, 3.8) is 0 Å². The number of carbonyl (C=O) groups is 2. The Morgan fingerprint density at radius 2 is 1.45 bits per heavy atom. The lowest BCUT2D eigenvalue weighted by atomic mass is 10.00. The molecular formula is C13H26N2O5. The van der Waals surface area contributed by atoms with Crippen LogP contribution < -0.4 is 10.3 Å². The lowest BCUT2D eigenvalue weighted by Crippen LogP contribution is -3.20. The maximum absolute atomic E-state index is 12.0. The van der Waals surface area contributed by atoms with Crippen LogP contribution in [0.25, 0.3) is 0 Å². The first-order valence-electron chi connectivity index (χ1n) is 6.60. The van der Waals surface area contributed by atoms with E-state index < -0.39 is 22.4 Å². The summed E-state index contributed by atoms with van der Waals surface area (Å²) in [6, 6.07) is 0. The molecule has 0 amide bonds. The number of rotatable bonds is 8. The van der Waals surface area contributed by atoms with Crippen molar-refractivity contribution in [1.82, 2.24) is 0 Å². The molecule has 7 nitrogen and oxygen atoms in total. The van der Waals surface area contributed by atoms with Gasteiger partial charge in [0.15, 0.2) is 28.7 Å². The first-order chi connectivity index (χ1) is 8.83. The van der Waals surface area contributed by atoms with Crippen LogP contribution in [0.2, 0.25) is 0 Å². The van der Waals surface area contributed by atoms with Gasteiger partial charge >= 0.3 is 0 Å². The molecule has 0 spiro atoms. The lowest BCUT2D eigenvalue weighted by molar-refractivity contribution is -1.09. The average molecular weight is 290 g/mol. The van der Waals surface area contributed by atoms with E-state index in [2.05, 4.69) is 0 Å². The summed E-state index contributed by atoms with van der Waals surface area (Å²) in [5, 5.41) is 22.9. The highest BCUT2D eigenvalue weighted by molar-refractivity contribution is 5.83. The Labute approximate surface area is 120 Å². The number of hydrogen-bond donors (Lipinski definition) is 2. The van der Waals surface area contributed by atoms with Gasteiger partial charge in [-0.2, -0.15) is 4.84 Å². The Hall–Kier alpha value is -0.860. The Kier molecular flexibility index (Phi) is 6.44. The van der Waals surface area contributed by atoms with Crippen molar-refractivity contribution in [2.75, 3.05) is 6.54 Å². The van der Waals surface area contributed by atoms with E-state index in [1.807, 2.05) is 0 Å². The van der Waals surface area contributed by atoms with Gasteiger partial charge in [0.2, 0.25) is 0 Å². The molecular weight excluding hydrogens is 264 g/mol. The fourth-order valence-electron chi connectivity index (χ4n) is 1.23. The van der Waals surface area contributed by atoms with Gasteiger partial charge in [0, 0.05) is 27.7 Å². The first-order valence-corrected chi connectivity index (χ1v) is 6.60. The average Bonchev–Trinajstić information content (AvgIpc) is 2.27. The summed E-state index contributed by atoms with van der Waals surface area (Å²) in [5.74, 6) is -0.532. The van der Waals surface area contributed by atoms with Gasteiger partial charge in [-0.3, -0.25) is 9.59 Å². The van der Waals surface area contributed by atoms with Crippen LogP contribution in [0.1, 0.15) is 48.5 Å². The predicted octanol–water partition coefficient (Wildman–Crippen LogP) is -1.19. The van der Waals surface area contributed by atoms with Gasteiger partial charge in [0.05, 0.1) is 0 Å². The number of hydrogen-bond acceptors (Lipinski definition) is 5. The number of Topliss-reactive ketones (excluding diaryl/α,β-unsaturated/α-hetero) is 2. The molecule has 0 aliphatic carbocycles. The third-order valence-electron chi connectivity index (χ3n) is 3.75. The summed E-state index contributed by atoms with van der Waals surface area (Å²) in [4.78, 5) is 27.9. The van der Waals surface area contributed by atoms with E-state index in [4.69, 9.17) is 4.84 Å². The molecule has 0 aliphatic heterocycles. The molecule has 20 heavy (non-hydrogen) atoms. The Morgan fingerprint density at radius 1 is 1.05 bits per heavy atom. The molecule has 0 saturated heterocycles. The third-order valence-corrected chi connectivity index (χ3v) is 3.75. The van der Waals surface area contributed by atoms with Crippen LogP contribution in [0.3, 0.4) is 0 Å². The van der Waals surface area contributed by atoms with Crippen molar-refractivity contribution in [3.05, 3.63) is 10.4 Å². The Morgan fingerprint density at radius 3 is 1.80 bits per heavy atom. The highest BCUT2D eigenvalue weighted by atomic mass is 16.9. The van der Waals surface area contributed by atoms with Gasteiger partial charge < -0.3 is 15.5 Å². The van der Waals surface area contributed by atoms with Crippen molar-refractivity contribution in [2.24, 2.45) is 0 Å². The van der Waals surface area contributed by atoms with Crippen LogP contribution in [-0.4, -0.2) is 35.3 Å². The van der Waals surface area contributed by atoms with Crippen LogP contribution in [0.5, 0.6) is 0 Å². The van der Waals surface area contributed by atoms with Crippen LogP contribution in [0.15, 0.2) is 0 Å². The fraction of sp³-hybridized carbons (Fsp3) is 0.846. The summed E-state index contributed by atoms with van der Waals surface area (Å²) >= 11 is 0. The van der Waals surface area contributed by atoms with Crippen molar-refractivity contribution in [1.29, 1.82) is 0 Å². The second kappa shape index (κ2) is 6.73. The maximum Gasteiger partial charge on any atom is 0.192 e. The molecule has 3 unspecified atom stereocenters. The van der Waals surface area contributed by atoms with Crippen LogP contribution in [0.4, 0.5) is 0 Å². The van der Waals surface area contributed by atoms with Gasteiger partial charge in [-0.25, -0.2) is 5.23 Å². The lowest BCUT2D eigenvalue weighted by Gasteiger charge is -2.39. The van der Waals surface area contributed by atoms with Gasteiger partial charge in [-0.15, -0.1) is 0 Å². The topological polar surface area (TPSA) is 98.4 Å². The highest BCUT2D eigenvalue weighted by Gasteiger charge is 2.36. The predicted molar refractivity (Wildman–Crippen MR) is 73.6 cm³/mol. The molecule has 118 valence electrons. The third kappa shape index (κ3) is 4.60.